The number of hydrogen-bond donors (Lipinski definition) is 0. The van der Waals surface area contributed by atoms with Gasteiger partial charge in [-0.05, 0) is 25.7 Å². The van der Waals surface area contributed by atoms with Crippen molar-refractivity contribution in [2.45, 2.75) is 141 Å². The van der Waals surface area contributed by atoms with Crippen molar-refractivity contribution in [2.24, 2.45) is 0 Å². The van der Waals surface area contributed by atoms with Gasteiger partial charge in [-0.1, -0.05) is 116 Å². The molecule has 166 valence electrons. The van der Waals surface area contributed by atoms with Gasteiger partial charge in [0.1, 0.15) is 0 Å². The Morgan fingerprint density at radius 3 is 0.600 bits per heavy atom. The summed E-state index contributed by atoms with van der Waals surface area (Å²) in [7, 11) is 0. The monoisotopic (exact) mass is 442 g/mol. The van der Waals surface area contributed by atoms with E-state index < -0.39 is 11.9 Å². The Balaban J connectivity index is -0.00000364. The Hall–Kier alpha value is 0.940. The molecule has 0 radical (unpaired) electrons. The molecule has 0 aliphatic carbocycles. The van der Waals surface area contributed by atoms with Crippen LogP contribution < -0.4 is 69.3 Å². The van der Waals surface area contributed by atoms with Crippen LogP contribution in [0, 0.1) is 0 Å². The van der Waals surface area contributed by atoms with Gasteiger partial charge in [0.2, 0.25) is 0 Å². The van der Waals surface area contributed by atoms with E-state index >= 15 is 0 Å². The van der Waals surface area contributed by atoms with Gasteiger partial charge in [0.05, 0.1) is 0 Å². The number of carboxylic acids is 2. The summed E-state index contributed by atoms with van der Waals surface area (Å²) in [5.74, 6) is -1.83. The first-order chi connectivity index (χ1) is 13.6. The summed E-state index contributed by atoms with van der Waals surface area (Å²) in [4.78, 5) is 20.6. The van der Waals surface area contributed by atoms with Crippen LogP contribution in [0.25, 0.3) is 0 Å². The average Bonchev–Trinajstić information content (AvgIpc) is 2.65. The maximum atomic E-state index is 10.3. The quantitative estimate of drug-likeness (QED) is 0.151. The van der Waals surface area contributed by atoms with Crippen LogP contribution in [0.2, 0.25) is 0 Å². The summed E-state index contributed by atoms with van der Waals surface area (Å²) in [6.07, 6.45) is 25.0. The number of carboxylic acid groups (broad SMARTS) is 2. The SMILES string of the molecule is O=C([O-])CCCCCCCCCCCCCCCCCCCCCCC(=O)[O-].[Na+].[Na+]. The van der Waals surface area contributed by atoms with Crippen molar-refractivity contribution in [1.82, 2.24) is 0 Å². The maximum Gasteiger partial charge on any atom is 1.00 e. The van der Waals surface area contributed by atoms with E-state index in [1.807, 2.05) is 0 Å². The van der Waals surface area contributed by atoms with Gasteiger partial charge in [0.25, 0.3) is 0 Å². The van der Waals surface area contributed by atoms with Gasteiger partial charge < -0.3 is 19.8 Å². The van der Waals surface area contributed by atoms with Crippen molar-refractivity contribution in [3.63, 3.8) is 0 Å². The van der Waals surface area contributed by atoms with Crippen molar-refractivity contribution in [2.75, 3.05) is 0 Å². The van der Waals surface area contributed by atoms with Crippen molar-refractivity contribution < 1.29 is 78.9 Å². The predicted octanol–water partition coefficient (Wildman–Crippen LogP) is -0.924. The van der Waals surface area contributed by atoms with E-state index in [2.05, 4.69) is 0 Å². The van der Waals surface area contributed by atoms with Crippen molar-refractivity contribution in [3.05, 3.63) is 0 Å². The first-order valence-corrected chi connectivity index (χ1v) is 12.0. The fraction of sp³-hybridized carbons (Fsp3) is 0.917. The topological polar surface area (TPSA) is 80.3 Å². The maximum absolute atomic E-state index is 10.3. The van der Waals surface area contributed by atoms with Gasteiger partial charge in [-0.2, -0.15) is 0 Å². The Morgan fingerprint density at radius 1 is 0.333 bits per heavy atom. The molecule has 0 atom stereocenters. The van der Waals surface area contributed by atoms with E-state index in [-0.39, 0.29) is 72.0 Å². The molecule has 0 aromatic rings. The van der Waals surface area contributed by atoms with Crippen LogP contribution >= 0.6 is 0 Å². The molecule has 0 spiro atoms. The predicted molar refractivity (Wildman–Crippen MR) is 112 cm³/mol. The molecule has 0 aromatic carbocycles. The van der Waals surface area contributed by atoms with E-state index in [1.54, 1.807) is 0 Å². The zero-order chi connectivity index (χ0) is 20.7. The molecule has 4 nitrogen and oxygen atoms in total. The molecule has 0 aromatic heterocycles. The number of carbonyl (C=O) groups excluding carboxylic acids is 2. The molecular formula is C24H44Na2O4. The smallest absolute Gasteiger partial charge is 0.550 e. The first kappa shape index (κ1) is 35.5. The van der Waals surface area contributed by atoms with Crippen molar-refractivity contribution in [1.29, 1.82) is 0 Å². The van der Waals surface area contributed by atoms with E-state index in [0.717, 1.165) is 38.5 Å². The summed E-state index contributed by atoms with van der Waals surface area (Å²) in [6, 6.07) is 0. The molecule has 0 N–H and O–H groups in total. The third-order valence-corrected chi connectivity index (χ3v) is 5.51. The summed E-state index contributed by atoms with van der Waals surface area (Å²) in [5, 5.41) is 20.6. The van der Waals surface area contributed by atoms with Crippen molar-refractivity contribution >= 4 is 11.9 Å². The molecule has 30 heavy (non-hydrogen) atoms. The Bertz CT molecular complexity index is 331. The van der Waals surface area contributed by atoms with Gasteiger partial charge in [0, 0.05) is 11.9 Å². The van der Waals surface area contributed by atoms with Crippen LogP contribution in [0.15, 0.2) is 0 Å². The summed E-state index contributed by atoms with van der Waals surface area (Å²) in [6.45, 7) is 0. The molecule has 0 saturated heterocycles. The summed E-state index contributed by atoms with van der Waals surface area (Å²) >= 11 is 0. The van der Waals surface area contributed by atoms with Gasteiger partial charge in [-0.25, -0.2) is 0 Å². The van der Waals surface area contributed by atoms with Crippen molar-refractivity contribution in [3.8, 4) is 0 Å². The van der Waals surface area contributed by atoms with E-state index in [9.17, 15) is 19.8 Å². The van der Waals surface area contributed by atoms with Crippen LogP contribution in [0.4, 0.5) is 0 Å². The Morgan fingerprint density at radius 2 is 0.467 bits per heavy atom. The second-order valence-electron chi connectivity index (χ2n) is 8.32. The Kier molecular flexibility index (Phi) is 35.5. The Labute approximate surface area is 230 Å². The van der Waals surface area contributed by atoms with Gasteiger partial charge in [0.15, 0.2) is 0 Å². The molecule has 0 bridgehead atoms. The van der Waals surface area contributed by atoms with E-state index in [1.165, 1.54) is 89.9 Å². The van der Waals surface area contributed by atoms with Crippen LogP contribution in [-0.4, -0.2) is 11.9 Å². The minimum atomic E-state index is -0.917. The molecular weight excluding hydrogens is 398 g/mol. The number of hydrogen-bond acceptors (Lipinski definition) is 4. The third kappa shape index (κ3) is 33.6. The second-order valence-corrected chi connectivity index (χ2v) is 8.32. The van der Waals surface area contributed by atoms with E-state index in [0.29, 0.717) is 0 Å². The fourth-order valence-electron chi connectivity index (χ4n) is 3.72. The fourth-order valence-corrected chi connectivity index (χ4v) is 3.72. The minimum absolute atomic E-state index is 0. The molecule has 0 fully saturated rings. The number of aliphatic carboxylic acids is 2. The summed E-state index contributed by atoms with van der Waals surface area (Å²) < 4.78 is 0. The van der Waals surface area contributed by atoms with Crippen LogP contribution in [-0.2, 0) is 9.59 Å². The molecule has 0 aliphatic heterocycles. The van der Waals surface area contributed by atoms with E-state index in [4.69, 9.17) is 0 Å². The van der Waals surface area contributed by atoms with Crippen LogP contribution in [0.5, 0.6) is 0 Å². The number of unbranched alkanes of at least 4 members (excludes halogenated alkanes) is 19. The standard InChI is InChI=1S/C24H46O4.2Na/c25-23(26)21-19-17-15-13-11-9-7-5-3-1-2-4-6-8-10-12-14-16-18-20-22-24(27)28;;/h1-22H2,(H,25,26)(H,27,28);;/q;2*+1/p-2. The van der Waals surface area contributed by atoms with Gasteiger partial charge in [-0.15, -0.1) is 0 Å². The molecule has 0 heterocycles. The molecule has 0 rings (SSSR count). The zero-order valence-electron chi connectivity index (χ0n) is 20.2. The third-order valence-electron chi connectivity index (χ3n) is 5.51. The van der Waals surface area contributed by atoms with Gasteiger partial charge in [-0.3, -0.25) is 0 Å². The number of rotatable bonds is 23. The molecule has 0 saturated carbocycles. The molecule has 0 unspecified atom stereocenters. The van der Waals surface area contributed by atoms with Crippen LogP contribution in [0.1, 0.15) is 141 Å². The molecule has 6 heteroatoms. The molecule has 0 amide bonds. The summed E-state index contributed by atoms with van der Waals surface area (Å²) in [5.41, 5.74) is 0. The zero-order valence-corrected chi connectivity index (χ0v) is 24.2. The number of carbonyl (C=O) groups is 2. The van der Waals surface area contributed by atoms with Gasteiger partial charge >= 0.3 is 59.1 Å². The minimum Gasteiger partial charge on any atom is -0.550 e. The first-order valence-electron chi connectivity index (χ1n) is 12.0. The van der Waals surface area contributed by atoms with Crippen LogP contribution in [0.3, 0.4) is 0 Å². The average molecular weight is 443 g/mol. The molecule has 0 aliphatic rings. The largest absolute Gasteiger partial charge is 1.00 e. The second kappa shape index (κ2) is 29.9. The normalized spacial score (nSPS) is 10.3.